The zero-order valence-corrected chi connectivity index (χ0v) is 17.7. The number of benzene rings is 2. The van der Waals surface area contributed by atoms with Gasteiger partial charge in [0.2, 0.25) is 12.5 Å². The van der Waals surface area contributed by atoms with Gasteiger partial charge in [-0.05, 0) is 74.5 Å². The van der Waals surface area contributed by atoms with E-state index < -0.39 is 0 Å². The number of methoxy groups -OCH3 is 2. The standard InChI is InChI=1S/C19H19Br2NO4/c1-23-14-4-3-10(7-12(14)20)8-13-15-11(5-6-22-13)16(21)18-19(17(15)24-2)26-9-25-18/h3-4,7,13,22H,5-6,8-9H2,1-2H3/t13-/m1/s1. The number of halogens is 2. The molecule has 0 bridgehead atoms. The summed E-state index contributed by atoms with van der Waals surface area (Å²) in [5, 5.41) is 3.62. The summed E-state index contributed by atoms with van der Waals surface area (Å²) in [5.41, 5.74) is 3.57. The van der Waals surface area contributed by atoms with Gasteiger partial charge in [0, 0.05) is 11.6 Å². The largest absolute Gasteiger partial charge is 0.496 e. The molecular formula is C19H19Br2NO4. The molecule has 0 aliphatic carbocycles. The lowest BCUT2D eigenvalue weighted by atomic mass is 9.89. The molecule has 2 heterocycles. The number of hydrogen-bond acceptors (Lipinski definition) is 5. The van der Waals surface area contributed by atoms with E-state index in [9.17, 15) is 0 Å². The first-order valence-corrected chi connectivity index (χ1v) is 9.96. The van der Waals surface area contributed by atoms with Crippen molar-refractivity contribution in [1.29, 1.82) is 0 Å². The normalized spacial score (nSPS) is 17.8. The predicted molar refractivity (Wildman–Crippen MR) is 106 cm³/mol. The number of hydrogen-bond donors (Lipinski definition) is 1. The summed E-state index contributed by atoms with van der Waals surface area (Å²) in [6.07, 6.45) is 1.74. The van der Waals surface area contributed by atoms with Gasteiger partial charge in [-0.25, -0.2) is 0 Å². The topological polar surface area (TPSA) is 49.0 Å². The van der Waals surface area contributed by atoms with Crippen LogP contribution in [0.15, 0.2) is 27.1 Å². The number of ether oxygens (including phenoxy) is 4. The van der Waals surface area contributed by atoms with Crippen LogP contribution in [0.3, 0.4) is 0 Å². The Morgan fingerprint density at radius 2 is 1.96 bits per heavy atom. The van der Waals surface area contributed by atoms with E-state index >= 15 is 0 Å². The van der Waals surface area contributed by atoms with Gasteiger partial charge in [-0.3, -0.25) is 0 Å². The second-order valence-corrected chi connectivity index (χ2v) is 7.88. The second-order valence-electron chi connectivity index (χ2n) is 6.23. The molecule has 2 aliphatic heterocycles. The summed E-state index contributed by atoms with van der Waals surface area (Å²) >= 11 is 7.28. The SMILES string of the molecule is COc1ccc(C[C@H]2NCCc3c(Br)c4c(c(OC)c32)OCO4)cc1Br. The van der Waals surface area contributed by atoms with Crippen LogP contribution in [0.2, 0.25) is 0 Å². The molecule has 0 spiro atoms. The highest BCUT2D eigenvalue weighted by Crippen LogP contribution is 2.53. The first-order valence-electron chi connectivity index (χ1n) is 8.37. The number of rotatable bonds is 4. The highest BCUT2D eigenvalue weighted by molar-refractivity contribution is 9.11. The summed E-state index contributed by atoms with van der Waals surface area (Å²) in [5.74, 6) is 3.02. The van der Waals surface area contributed by atoms with Crippen LogP contribution >= 0.6 is 31.9 Å². The van der Waals surface area contributed by atoms with Crippen molar-refractivity contribution in [3.8, 4) is 23.0 Å². The zero-order valence-electron chi connectivity index (χ0n) is 14.5. The third-order valence-corrected chi connectivity index (χ3v) is 6.29. The summed E-state index contributed by atoms with van der Waals surface area (Å²) in [6, 6.07) is 6.30. The maximum atomic E-state index is 5.74. The van der Waals surface area contributed by atoms with Gasteiger partial charge in [0.25, 0.3) is 0 Å². The molecule has 2 aliphatic rings. The Labute approximate surface area is 169 Å². The van der Waals surface area contributed by atoms with Crippen molar-refractivity contribution in [2.24, 2.45) is 0 Å². The lowest BCUT2D eigenvalue weighted by Crippen LogP contribution is -2.32. The Kier molecular flexibility index (Phi) is 5.03. The van der Waals surface area contributed by atoms with Crippen LogP contribution in [-0.4, -0.2) is 27.6 Å². The molecular weight excluding hydrogens is 466 g/mol. The van der Waals surface area contributed by atoms with Gasteiger partial charge in [0.1, 0.15) is 5.75 Å². The van der Waals surface area contributed by atoms with Gasteiger partial charge in [-0.15, -0.1) is 0 Å². The quantitative estimate of drug-likeness (QED) is 0.697. The summed E-state index contributed by atoms with van der Waals surface area (Å²) in [4.78, 5) is 0. The molecule has 0 fully saturated rings. The summed E-state index contributed by atoms with van der Waals surface area (Å²) in [7, 11) is 3.35. The van der Waals surface area contributed by atoms with Crippen molar-refractivity contribution in [1.82, 2.24) is 5.32 Å². The molecule has 0 unspecified atom stereocenters. The van der Waals surface area contributed by atoms with E-state index in [0.29, 0.717) is 5.75 Å². The summed E-state index contributed by atoms with van der Waals surface area (Å²) in [6.45, 7) is 1.12. The van der Waals surface area contributed by atoms with Crippen molar-refractivity contribution >= 4 is 31.9 Å². The molecule has 0 saturated heterocycles. The van der Waals surface area contributed by atoms with Gasteiger partial charge >= 0.3 is 0 Å². The smallest absolute Gasteiger partial charge is 0.231 e. The van der Waals surface area contributed by atoms with E-state index in [2.05, 4.69) is 49.3 Å². The van der Waals surface area contributed by atoms with E-state index in [1.807, 2.05) is 6.07 Å². The minimum absolute atomic E-state index is 0.125. The molecule has 0 radical (unpaired) electrons. The molecule has 1 N–H and O–H groups in total. The lowest BCUT2D eigenvalue weighted by molar-refractivity contribution is 0.170. The van der Waals surface area contributed by atoms with Crippen molar-refractivity contribution in [2.45, 2.75) is 18.9 Å². The maximum Gasteiger partial charge on any atom is 0.231 e. The predicted octanol–water partition coefficient (Wildman–Crippen LogP) is 4.39. The fourth-order valence-corrected chi connectivity index (χ4v) is 4.96. The van der Waals surface area contributed by atoms with Crippen molar-refractivity contribution in [2.75, 3.05) is 27.6 Å². The second kappa shape index (κ2) is 7.29. The molecule has 0 amide bonds. The van der Waals surface area contributed by atoms with Crippen LogP contribution in [0.4, 0.5) is 0 Å². The highest BCUT2D eigenvalue weighted by atomic mass is 79.9. The van der Waals surface area contributed by atoms with Crippen molar-refractivity contribution < 1.29 is 18.9 Å². The maximum absolute atomic E-state index is 5.74. The van der Waals surface area contributed by atoms with E-state index in [4.69, 9.17) is 18.9 Å². The molecule has 5 nitrogen and oxygen atoms in total. The molecule has 7 heteroatoms. The van der Waals surface area contributed by atoms with Crippen LogP contribution in [0.5, 0.6) is 23.0 Å². The van der Waals surface area contributed by atoms with Crippen LogP contribution in [0.25, 0.3) is 0 Å². The van der Waals surface area contributed by atoms with E-state index in [-0.39, 0.29) is 12.8 Å². The molecule has 2 aromatic rings. The van der Waals surface area contributed by atoms with Crippen LogP contribution in [-0.2, 0) is 12.8 Å². The van der Waals surface area contributed by atoms with Gasteiger partial charge in [-0.1, -0.05) is 6.07 Å². The van der Waals surface area contributed by atoms with Gasteiger partial charge in [0.15, 0.2) is 11.5 Å². The van der Waals surface area contributed by atoms with Crippen molar-refractivity contribution in [3.05, 3.63) is 43.8 Å². The Morgan fingerprint density at radius 1 is 1.15 bits per heavy atom. The van der Waals surface area contributed by atoms with E-state index in [1.165, 1.54) is 11.1 Å². The molecule has 4 rings (SSSR count). The average molecular weight is 485 g/mol. The van der Waals surface area contributed by atoms with Gasteiger partial charge in [-0.2, -0.15) is 0 Å². The molecule has 0 saturated carbocycles. The van der Waals surface area contributed by atoms with Crippen LogP contribution in [0.1, 0.15) is 22.7 Å². The van der Waals surface area contributed by atoms with Crippen molar-refractivity contribution in [3.63, 3.8) is 0 Å². The Balaban J connectivity index is 1.75. The van der Waals surface area contributed by atoms with Gasteiger partial charge < -0.3 is 24.3 Å². The number of nitrogens with one attached hydrogen (secondary N) is 1. The average Bonchev–Trinajstić information content (AvgIpc) is 3.13. The first kappa shape index (κ1) is 17.9. The highest BCUT2D eigenvalue weighted by Gasteiger charge is 2.34. The Bertz CT molecular complexity index is 856. The fraction of sp³-hybridized carbons (Fsp3) is 0.368. The third kappa shape index (κ3) is 2.96. The molecule has 26 heavy (non-hydrogen) atoms. The minimum atomic E-state index is 0.125. The summed E-state index contributed by atoms with van der Waals surface area (Å²) < 4.78 is 24.3. The van der Waals surface area contributed by atoms with Crippen LogP contribution < -0.4 is 24.3 Å². The Morgan fingerprint density at radius 3 is 2.69 bits per heavy atom. The van der Waals surface area contributed by atoms with E-state index in [0.717, 1.165) is 51.1 Å². The van der Waals surface area contributed by atoms with Gasteiger partial charge in [0.05, 0.1) is 23.2 Å². The molecule has 138 valence electrons. The molecule has 0 aromatic heterocycles. The third-order valence-electron chi connectivity index (χ3n) is 4.83. The zero-order chi connectivity index (χ0) is 18.3. The van der Waals surface area contributed by atoms with E-state index in [1.54, 1.807) is 14.2 Å². The molecule has 1 atom stereocenters. The monoisotopic (exact) mass is 483 g/mol. The first-order chi connectivity index (χ1) is 12.6. The Hall–Kier alpha value is -1.44. The van der Waals surface area contributed by atoms with Crippen LogP contribution in [0, 0.1) is 0 Å². The fourth-order valence-electron chi connectivity index (χ4n) is 3.66. The molecule has 2 aromatic carbocycles. The number of fused-ring (bicyclic) bond motifs is 2. The lowest BCUT2D eigenvalue weighted by Gasteiger charge is -2.30. The minimum Gasteiger partial charge on any atom is -0.496 e.